The third-order valence-electron chi connectivity index (χ3n) is 4.77. The van der Waals surface area contributed by atoms with Gasteiger partial charge in [-0.05, 0) is 49.0 Å². The largest absolute Gasteiger partial charge is 0.398 e. The number of nitrogen functional groups attached to an aromatic ring is 1. The number of non-ortho nitro benzene ring substituents is 1. The van der Waals surface area contributed by atoms with E-state index < -0.39 is 4.92 Å². The van der Waals surface area contributed by atoms with Crippen LogP contribution in [0.2, 0.25) is 0 Å². The van der Waals surface area contributed by atoms with E-state index in [0.717, 1.165) is 48.1 Å². The maximum absolute atomic E-state index is 11.1. The Morgan fingerprint density at radius 2 is 2.12 bits per heavy atom. The minimum atomic E-state index is -0.404. The summed E-state index contributed by atoms with van der Waals surface area (Å²) in [6.45, 7) is 0. The topological polar surface area (TPSA) is 106 Å². The number of nitro benzene ring substituents is 1. The Labute approximate surface area is 149 Å². The SMILES string of the molecule is Nc1c2c(nc3c1C(c1cccc([N+](=O)[O-])c1)NC(=S)N3)CCCC2. The van der Waals surface area contributed by atoms with Crippen LogP contribution in [0, 0.1) is 10.1 Å². The summed E-state index contributed by atoms with van der Waals surface area (Å²) in [7, 11) is 0. The van der Waals surface area contributed by atoms with Crippen molar-refractivity contribution in [2.45, 2.75) is 31.7 Å². The molecule has 2 aliphatic rings. The molecule has 0 amide bonds. The van der Waals surface area contributed by atoms with Gasteiger partial charge in [0.1, 0.15) is 5.82 Å². The number of nitro groups is 1. The minimum Gasteiger partial charge on any atom is -0.398 e. The Morgan fingerprint density at radius 3 is 2.92 bits per heavy atom. The highest BCUT2D eigenvalue weighted by Gasteiger charge is 2.31. The lowest BCUT2D eigenvalue weighted by Gasteiger charge is -2.32. The van der Waals surface area contributed by atoms with Gasteiger partial charge in [-0.25, -0.2) is 4.98 Å². The Bertz CT molecular complexity index is 899. The van der Waals surface area contributed by atoms with E-state index in [1.54, 1.807) is 12.1 Å². The first-order chi connectivity index (χ1) is 12.0. The van der Waals surface area contributed by atoms with Crippen LogP contribution in [0.4, 0.5) is 17.2 Å². The summed E-state index contributed by atoms with van der Waals surface area (Å²) in [4.78, 5) is 15.5. The lowest BCUT2D eigenvalue weighted by molar-refractivity contribution is -0.384. The summed E-state index contributed by atoms with van der Waals surface area (Å²) in [6, 6.07) is 6.17. The molecule has 4 N–H and O–H groups in total. The van der Waals surface area contributed by atoms with Crippen LogP contribution in [0.3, 0.4) is 0 Å². The molecule has 1 aliphatic carbocycles. The molecule has 1 unspecified atom stereocenters. The first kappa shape index (κ1) is 15.8. The van der Waals surface area contributed by atoms with Crippen molar-refractivity contribution in [1.82, 2.24) is 10.3 Å². The molecule has 25 heavy (non-hydrogen) atoms. The van der Waals surface area contributed by atoms with Crippen LogP contribution < -0.4 is 16.4 Å². The molecule has 1 aliphatic heterocycles. The zero-order chi connectivity index (χ0) is 17.6. The zero-order valence-electron chi connectivity index (χ0n) is 13.4. The van der Waals surface area contributed by atoms with Crippen molar-refractivity contribution in [2.75, 3.05) is 11.1 Å². The predicted molar refractivity (Wildman–Crippen MR) is 99.6 cm³/mol. The lowest BCUT2D eigenvalue weighted by atomic mass is 9.88. The smallest absolute Gasteiger partial charge is 0.269 e. The van der Waals surface area contributed by atoms with E-state index in [1.165, 1.54) is 6.07 Å². The fraction of sp³-hybridized carbons (Fsp3) is 0.294. The molecule has 0 bridgehead atoms. The van der Waals surface area contributed by atoms with Crippen LogP contribution in [0.25, 0.3) is 0 Å². The molecule has 7 nitrogen and oxygen atoms in total. The van der Waals surface area contributed by atoms with Crippen molar-refractivity contribution in [1.29, 1.82) is 0 Å². The summed E-state index contributed by atoms with van der Waals surface area (Å²) in [6.07, 6.45) is 4.03. The first-order valence-corrected chi connectivity index (χ1v) is 8.58. The second-order valence-electron chi connectivity index (χ2n) is 6.30. The fourth-order valence-corrected chi connectivity index (χ4v) is 3.81. The number of aromatic nitrogens is 1. The molecule has 1 aromatic carbocycles. The van der Waals surface area contributed by atoms with Gasteiger partial charge < -0.3 is 16.4 Å². The van der Waals surface area contributed by atoms with E-state index in [-0.39, 0.29) is 11.7 Å². The van der Waals surface area contributed by atoms with E-state index in [1.807, 2.05) is 6.07 Å². The normalized spacial score (nSPS) is 18.6. The standard InChI is InChI=1S/C17H17N5O2S/c18-14-11-6-1-2-7-12(11)19-16-13(14)15(20-17(25)21-16)9-4-3-5-10(8-9)22(23)24/h3-5,8,15H,1-2,6-7H2,(H4,18,19,20,21,25). The number of fused-ring (bicyclic) bond motifs is 2. The number of hydrogen-bond donors (Lipinski definition) is 3. The molecule has 0 saturated carbocycles. The van der Waals surface area contributed by atoms with Gasteiger partial charge in [0.2, 0.25) is 0 Å². The van der Waals surface area contributed by atoms with Crippen LogP contribution in [0.1, 0.15) is 41.3 Å². The number of benzene rings is 1. The molecule has 0 fully saturated rings. The number of anilines is 2. The number of hydrogen-bond acceptors (Lipinski definition) is 5. The second kappa shape index (κ2) is 5.96. The van der Waals surface area contributed by atoms with Crippen molar-refractivity contribution >= 4 is 34.5 Å². The van der Waals surface area contributed by atoms with Gasteiger partial charge in [0.15, 0.2) is 5.11 Å². The molecule has 4 rings (SSSR count). The number of nitrogens with two attached hydrogens (primary N) is 1. The quantitative estimate of drug-likeness (QED) is 0.432. The number of pyridine rings is 1. The highest BCUT2D eigenvalue weighted by Crippen LogP contribution is 2.40. The maximum atomic E-state index is 11.1. The third-order valence-corrected chi connectivity index (χ3v) is 4.99. The monoisotopic (exact) mass is 355 g/mol. The van der Waals surface area contributed by atoms with Crippen LogP contribution in [0.5, 0.6) is 0 Å². The summed E-state index contributed by atoms with van der Waals surface area (Å²) in [5, 5.41) is 17.8. The molecule has 0 spiro atoms. The van der Waals surface area contributed by atoms with Gasteiger partial charge in [-0.1, -0.05) is 12.1 Å². The van der Waals surface area contributed by atoms with Crippen molar-refractivity contribution in [3.8, 4) is 0 Å². The lowest BCUT2D eigenvalue weighted by Crippen LogP contribution is -2.39. The maximum Gasteiger partial charge on any atom is 0.269 e. The van der Waals surface area contributed by atoms with E-state index in [9.17, 15) is 10.1 Å². The molecule has 0 saturated heterocycles. The number of aryl methyl sites for hydroxylation is 1. The third kappa shape index (κ3) is 2.68. The van der Waals surface area contributed by atoms with Crippen molar-refractivity contribution in [2.24, 2.45) is 0 Å². The summed E-state index contributed by atoms with van der Waals surface area (Å²) >= 11 is 5.30. The average molecular weight is 355 g/mol. The van der Waals surface area contributed by atoms with Gasteiger partial charge >= 0.3 is 0 Å². The van der Waals surface area contributed by atoms with Crippen molar-refractivity contribution in [3.05, 3.63) is 56.8 Å². The number of thiocarbonyl (C=S) groups is 1. The second-order valence-corrected chi connectivity index (χ2v) is 6.71. The minimum absolute atomic E-state index is 0.0368. The van der Waals surface area contributed by atoms with Gasteiger partial charge in [-0.3, -0.25) is 10.1 Å². The van der Waals surface area contributed by atoms with Gasteiger partial charge in [-0.2, -0.15) is 0 Å². The van der Waals surface area contributed by atoms with E-state index in [2.05, 4.69) is 10.6 Å². The average Bonchev–Trinajstić information content (AvgIpc) is 2.61. The zero-order valence-corrected chi connectivity index (χ0v) is 14.2. The first-order valence-electron chi connectivity index (χ1n) is 8.17. The Kier molecular flexibility index (Phi) is 3.76. The summed E-state index contributed by atoms with van der Waals surface area (Å²) in [5.41, 5.74) is 10.9. The molecule has 2 aromatic rings. The molecular formula is C17H17N5O2S. The predicted octanol–water partition coefficient (Wildman–Crippen LogP) is 2.84. The van der Waals surface area contributed by atoms with Crippen LogP contribution >= 0.6 is 12.2 Å². The molecule has 2 heterocycles. The van der Waals surface area contributed by atoms with Crippen LogP contribution in [-0.2, 0) is 12.8 Å². The Hall–Kier alpha value is -2.74. The van der Waals surface area contributed by atoms with Gasteiger partial charge in [0, 0.05) is 29.1 Å². The fourth-order valence-electron chi connectivity index (χ4n) is 3.59. The molecule has 1 atom stereocenters. The van der Waals surface area contributed by atoms with Gasteiger partial charge in [0.25, 0.3) is 5.69 Å². The molecule has 1 aromatic heterocycles. The molecule has 8 heteroatoms. The van der Waals surface area contributed by atoms with E-state index in [0.29, 0.717) is 16.6 Å². The van der Waals surface area contributed by atoms with Gasteiger partial charge in [-0.15, -0.1) is 0 Å². The van der Waals surface area contributed by atoms with Gasteiger partial charge in [0.05, 0.1) is 11.0 Å². The molecule has 0 radical (unpaired) electrons. The van der Waals surface area contributed by atoms with E-state index >= 15 is 0 Å². The van der Waals surface area contributed by atoms with Crippen molar-refractivity contribution < 1.29 is 4.92 Å². The van der Waals surface area contributed by atoms with Crippen LogP contribution in [0.15, 0.2) is 24.3 Å². The highest BCUT2D eigenvalue weighted by atomic mass is 32.1. The molecular weight excluding hydrogens is 338 g/mol. The number of rotatable bonds is 2. The Morgan fingerprint density at radius 1 is 1.32 bits per heavy atom. The Balaban J connectivity index is 1.88. The molecule has 128 valence electrons. The van der Waals surface area contributed by atoms with Crippen LogP contribution in [-0.4, -0.2) is 15.0 Å². The highest BCUT2D eigenvalue weighted by molar-refractivity contribution is 7.80. The summed E-state index contributed by atoms with van der Waals surface area (Å²) in [5.74, 6) is 0.651. The van der Waals surface area contributed by atoms with E-state index in [4.69, 9.17) is 22.9 Å². The van der Waals surface area contributed by atoms with Crippen molar-refractivity contribution in [3.63, 3.8) is 0 Å². The number of nitrogens with one attached hydrogen (secondary N) is 2. The summed E-state index contributed by atoms with van der Waals surface area (Å²) < 4.78 is 0. The number of nitrogens with zero attached hydrogens (tertiary/aromatic N) is 2.